The van der Waals surface area contributed by atoms with Gasteiger partial charge in [-0.3, -0.25) is 4.79 Å². The number of carbonyl (C=O) groups is 1. The Kier molecular flexibility index (Phi) is 8.46. The molecule has 0 radical (unpaired) electrons. The molecule has 2 aromatic rings. The number of hydrogen-bond donors (Lipinski definition) is 1. The number of hydrogen-bond acceptors (Lipinski definition) is 5. The van der Waals surface area contributed by atoms with E-state index in [9.17, 15) is 23.9 Å². The first-order chi connectivity index (χ1) is 17.6. The van der Waals surface area contributed by atoms with Crippen LogP contribution >= 0.6 is 0 Å². The molecule has 6 nitrogen and oxygen atoms in total. The van der Waals surface area contributed by atoms with Gasteiger partial charge in [-0.05, 0) is 93.9 Å². The second-order valence-electron chi connectivity index (χ2n) is 10.8. The number of nitriles is 1. The first-order valence-electron chi connectivity index (χ1n) is 13.0. The molecule has 8 heteroatoms. The third-order valence-corrected chi connectivity index (χ3v) is 7.17. The van der Waals surface area contributed by atoms with E-state index >= 15 is 0 Å². The van der Waals surface area contributed by atoms with Crippen LogP contribution in [-0.4, -0.2) is 71.9 Å². The van der Waals surface area contributed by atoms with E-state index in [0.717, 1.165) is 32.4 Å². The molecule has 1 atom stereocenters. The Labute approximate surface area is 217 Å². The number of nitrogens with zero attached hydrogens (tertiary/aromatic N) is 3. The lowest BCUT2D eigenvalue weighted by atomic mass is 9.93. The smallest absolute Gasteiger partial charge is 0.256 e. The summed E-state index contributed by atoms with van der Waals surface area (Å²) < 4.78 is 34.6. The molecule has 0 bridgehead atoms. The van der Waals surface area contributed by atoms with Crippen molar-refractivity contribution in [3.63, 3.8) is 0 Å². The zero-order chi connectivity index (χ0) is 26.6. The Bertz CT molecular complexity index is 1150. The molecule has 1 amide bonds. The van der Waals surface area contributed by atoms with Crippen LogP contribution in [0.5, 0.6) is 5.75 Å². The Hall–Kier alpha value is -3.02. The third-order valence-electron chi connectivity index (χ3n) is 7.17. The van der Waals surface area contributed by atoms with E-state index in [0.29, 0.717) is 54.5 Å². The maximum atomic E-state index is 14.8. The van der Waals surface area contributed by atoms with Crippen LogP contribution in [0.25, 0.3) is 11.1 Å². The van der Waals surface area contributed by atoms with Crippen LogP contribution in [0.15, 0.2) is 36.4 Å². The van der Waals surface area contributed by atoms with Crippen LogP contribution < -0.4 is 4.74 Å². The number of β-amino-alcohol motifs (C(OH)–C–C–N with tert-alkyl or cyclic N) is 1. The molecule has 2 heterocycles. The predicted octanol–water partition coefficient (Wildman–Crippen LogP) is 4.80. The van der Waals surface area contributed by atoms with E-state index in [1.54, 1.807) is 38.1 Å². The zero-order valence-corrected chi connectivity index (χ0v) is 21.6. The van der Waals surface area contributed by atoms with E-state index in [4.69, 9.17) is 4.74 Å². The molecule has 0 spiro atoms. The molecule has 37 heavy (non-hydrogen) atoms. The van der Waals surface area contributed by atoms with Crippen LogP contribution in [0.4, 0.5) is 8.78 Å². The molecule has 0 aliphatic carbocycles. The maximum absolute atomic E-state index is 14.8. The predicted molar refractivity (Wildman–Crippen MR) is 138 cm³/mol. The van der Waals surface area contributed by atoms with Gasteiger partial charge in [0.2, 0.25) is 0 Å². The van der Waals surface area contributed by atoms with Gasteiger partial charge in [-0.25, -0.2) is 8.78 Å². The van der Waals surface area contributed by atoms with E-state index in [1.807, 2.05) is 0 Å². The fourth-order valence-corrected chi connectivity index (χ4v) is 5.19. The van der Waals surface area contributed by atoms with E-state index < -0.39 is 23.5 Å². The highest BCUT2D eigenvalue weighted by atomic mass is 19.1. The second kappa shape index (κ2) is 11.6. The van der Waals surface area contributed by atoms with Crippen molar-refractivity contribution in [3.8, 4) is 22.9 Å². The first-order valence-corrected chi connectivity index (χ1v) is 13.0. The van der Waals surface area contributed by atoms with Gasteiger partial charge in [-0.15, -0.1) is 0 Å². The topological polar surface area (TPSA) is 76.8 Å². The van der Waals surface area contributed by atoms with E-state index in [-0.39, 0.29) is 12.1 Å². The lowest BCUT2D eigenvalue weighted by Gasteiger charge is -2.34. The number of piperidine rings is 1. The number of halogens is 2. The number of amides is 1. The van der Waals surface area contributed by atoms with Crippen molar-refractivity contribution in [1.82, 2.24) is 9.80 Å². The molecular formula is C29H35F2N3O3. The average molecular weight is 512 g/mol. The first kappa shape index (κ1) is 27.0. The van der Waals surface area contributed by atoms with Gasteiger partial charge < -0.3 is 19.6 Å². The third kappa shape index (κ3) is 7.06. The Morgan fingerprint density at radius 1 is 1.14 bits per heavy atom. The Morgan fingerprint density at radius 2 is 1.84 bits per heavy atom. The number of alkyl halides is 1. The van der Waals surface area contributed by atoms with Crippen molar-refractivity contribution >= 4 is 5.91 Å². The van der Waals surface area contributed by atoms with Gasteiger partial charge in [0.15, 0.2) is 0 Å². The lowest BCUT2D eigenvalue weighted by Crippen LogP contribution is -2.41. The molecule has 198 valence electrons. The molecular weight excluding hydrogens is 476 g/mol. The van der Waals surface area contributed by atoms with Gasteiger partial charge in [-0.2, -0.15) is 5.26 Å². The lowest BCUT2D eigenvalue weighted by molar-refractivity contribution is 0.0760. The summed E-state index contributed by atoms with van der Waals surface area (Å²) >= 11 is 0. The highest BCUT2D eigenvalue weighted by Gasteiger charge is 2.27. The molecule has 1 N–H and O–H groups in total. The van der Waals surface area contributed by atoms with Crippen molar-refractivity contribution < 1.29 is 23.4 Å². The van der Waals surface area contributed by atoms with Crippen LogP contribution in [0.1, 0.15) is 55.5 Å². The summed E-state index contributed by atoms with van der Waals surface area (Å²) in [5.74, 6) is -0.0673. The fourth-order valence-electron chi connectivity index (χ4n) is 5.19. The highest BCUT2D eigenvalue weighted by molar-refractivity contribution is 5.95. The zero-order valence-electron chi connectivity index (χ0n) is 21.6. The molecule has 2 saturated heterocycles. The molecule has 0 saturated carbocycles. The van der Waals surface area contributed by atoms with Crippen molar-refractivity contribution in [2.75, 3.05) is 39.3 Å². The molecule has 2 aliphatic heterocycles. The summed E-state index contributed by atoms with van der Waals surface area (Å²) in [4.78, 5) is 16.2. The largest absolute Gasteiger partial charge is 0.492 e. The summed E-state index contributed by atoms with van der Waals surface area (Å²) in [7, 11) is 0. The van der Waals surface area contributed by atoms with Gasteiger partial charge in [0.25, 0.3) is 5.91 Å². The number of benzene rings is 2. The SMILES string of the molecule is CC(C)(F)CN1CCC(CCOc2ccc(-c3ccc(C(=O)N4CC[C@H](O)C4)c(F)c3)cc2C#N)CC1. The van der Waals surface area contributed by atoms with Crippen molar-refractivity contribution in [2.45, 2.75) is 51.3 Å². The average Bonchev–Trinajstić information content (AvgIpc) is 3.30. The molecule has 0 aromatic heterocycles. The number of likely N-dealkylation sites (tertiary alicyclic amines) is 2. The van der Waals surface area contributed by atoms with Crippen LogP contribution in [-0.2, 0) is 0 Å². The molecule has 4 rings (SSSR count). The molecule has 2 aliphatic rings. The van der Waals surface area contributed by atoms with Crippen molar-refractivity contribution in [1.29, 1.82) is 5.26 Å². The molecule has 0 unspecified atom stereocenters. The van der Waals surface area contributed by atoms with Gasteiger partial charge in [0, 0.05) is 19.6 Å². The van der Waals surface area contributed by atoms with Crippen LogP contribution in [0.3, 0.4) is 0 Å². The van der Waals surface area contributed by atoms with Gasteiger partial charge in [-0.1, -0.05) is 12.1 Å². The highest BCUT2D eigenvalue weighted by Crippen LogP contribution is 2.29. The van der Waals surface area contributed by atoms with Gasteiger partial charge in [0.1, 0.15) is 23.3 Å². The minimum absolute atomic E-state index is 0.0300. The number of aliphatic hydroxyl groups is 1. The van der Waals surface area contributed by atoms with Crippen LogP contribution in [0.2, 0.25) is 0 Å². The molecule has 2 aromatic carbocycles. The minimum Gasteiger partial charge on any atom is -0.492 e. The van der Waals surface area contributed by atoms with E-state index in [2.05, 4.69) is 11.0 Å². The summed E-state index contributed by atoms with van der Waals surface area (Å²) in [6, 6.07) is 11.7. The number of aliphatic hydroxyl groups excluding tert-OH is 1. The van der Waals surface area contributed by atoms with Gasteiger partial charge in [0.05, 0.1) is 23.8 Å². The second-order valence-corrected chi connectivity index (χ2v) is 10.8. The fraction of sp³-hybridized carbons (Fsp3) is 0.517. The number of rotatable bonds is 8. The number of carbonyl (C=O) groups excluding carboxylic acids is 1. The summed E-state index contributed by atoms with van der Waals surface area (Å²) in [6.45, 7) is 6.56. The number of ether oxygens (including phenoxy) is 1. The van der Waals surface area contributed by atoms with Crippen molar-refractivity contribution in [3.05, 3.63) is 53.3 Å². The van der Waals surface area contributed by atoms with Crippen molar-refractivity contribution in [2.24, 2.45) is 5.92 Å². The summed E-state index contributed by atoms with van der Waals surface area (Å²) in [5, 5.41) is 19.3. The Morgan fingerprint density at radius 3 is 2.46 bits per heavy atom. The Balaban J connectivity index is 1.34. The van der Waals surface area contributed by atoms with Gasteiger partial charge >= 0.3 is 0 Å². The standard InChI is InChI=1S/C29H35F2N3O3/c1-29(2,31)19-33-11-7-20(8-12-33)10-14-37-27-6-4-21(15-23(27)17-32)22-3-5-25(26(30)16-22)28(36)34-13-9-24(35)18-34/h3-6,15-16,20,24,35H,7-14,18-19H2,1-2H3/t24-/m0/s1. The summed E-state index contributed by atoms with van der Waals surface area (Å²) in [5.41, 5.74) is 0.365. The normalized spacial score (nSPS) is 19.1. The summed E-state index contributed by atoms with van der Waals surface area (Å²) in [6.07, 6.45) is 2.81. The molecule has 2 fully saturated rings. The quantitative estimate of drug-likeness (QED) is 0.551. The van der Waals surface area contributed by atoms with E-state index in [1.165, 1.54) is 17.0 Å². The maximum Gasteiger partial charge on any atom is 0.256 e. The monoisotopic (exact) mass is 511 g/mol. The minimum atomic E-state index is -1.18. The van der Waals surface area contributed by atoms with Crippen LogP contribution in [0, 0.1) is 23.1 Å².